The van der Waals surface area contributed by atoms with Crippen LogP contribution in [0.15, 0.2) is 48.5 Å². The fourth-order valence-electron chi connectivity index (χ4n) is 2.60. The van der Waals surface area contributed by atoms with E-state index in [1.807, 2.05) is 55.5 Å². The third kappa shape index (κ3) is 3.47. The van der Waals surface area contributed by atoms with Gasteiger partial charge in [-0.2, -0.15) is 0 Å². The number of hydrogen-bond donors (Lipinski definition) is 0. The molecule has 0 fully saturated rings. The summed E-state index contributed by atoms with van der Waals surface area (Å²) in [4.78, 5) is 14.4. The summed E-state index contributed by atoms with van der Waals surface area (Å²) in [6.07, 6.45) is 0.880. The molecule has 0 saturated carbocycles. The highest BCUT2D eigenvalue weighted by Gasteiger charge is 2.28. The van der Waals surface area contributed by atoms with Crippen LogP contribution < -0.4 is 14.4 Å². The van der Waals surface area contributed by atoms with Crippen LogP contribution >= 0.6 is 0 Å². The van der Waals surface area contributed by atoms with E-state index < -0.39 is 0 Å². The van der Waals surface area contributed by atoms with E-state index in [1.54, 1.807) is 4.90 Å². The molecule has 1 aliphatic heterocycles. The van der Waals surface area contributed by atoms with E-state index in [0.717, 1.165) is 23.4 Å². The first kappa shape index (κ1) is 15.4. The number of nitrogens with zero attached hydrogens (tertiary/aromatic N) is 1. The van der Waals surface area contributed by atoms with Crippen molar-refractivity contribution in [3.63, 3.8) is 0 Å². The van der Waals surface area contributed by atoms with Gasteiger partial charge in [0.15, 0.2) is 6.61 Å². The quantitative estimate of drug-likeness (QED) is 0.866. The van der Waals surface area contributed by atoms with Crippen molar-refractivity contribution in [2.24, 2.45) is 0 Å². The number of benzene rings is 2. The lowest BCUT2D eigenvalue weighted by Gasteiger charge is -2.34. The van der Waals surface area contributed by atoms with Crippen LogP contribution in [0.2, 0.25) is 0 Å². The van der Waals surface area contributed by atoms with Crippen molar-refractivity contribution in [1.82, 2.24) is 0 Å². The van der Waals surface area contributed by atoms with Crippen LogP contribution in [0.4, 0.5) is 5.69 Å². The normalized spacial score (nSPS) is 16.4. The number of para-hydroxylation sites is 2. The zero-order valence-electron chi connectivity index (χ0n) is 13.5. The average Bonchev–Trinajstić information content (AvgIpc) is 2.60. The summed E-state index contributed by atoms with van der Waals surface area (Å²) in [5.41, 5.74) is 1.98. The molecule has 0 aromatic heterocycles. The zero-order valence-corrected chi connectivity index (χ0v) is 13.5. The lowest BCUT2D eigenvalue weighted by Crippen LogP contribution is -2.45. The van der Waals surface area contributed by atoms with E-state index in [4.69, 9.17) is 9.47 Å². The number of rotatable bonds is 4. The fourth-order valence-corrected chi connectivity index (χ4v) is 2.60. The van der Waals surface area contributed by atoms with Crippen LogP contribution in [-0.4, -0.2) is 25.2 Å². The van der Waals surface area contributed by atoms with E-state index in [0.29, 0.717) is 12.3 Å². The summed E-state index contributed by atoms with van der Waals surface area (Å²) in [5.74, 6) is 1.41. The van der Waals surface area contributed by atoms with Gasteiger partial charge in [0.05, 0.1) is 12.2 Å². The molecule has 120 valence electrons. The van der Waals surface area contributed by atoms with Crippen LogP contribution in [0, 0.1) is 6.92 Å². The molecule has 1 unspecified atom stereocenters. The topological polar surface area (TPSA) is 38.8 Å². The minimum Gasteiger partial charge on any atom is -0.486 e. The number of amides is 1. The van der Waals surface area contributed by atoms with Gasteiger partial charge in [0.25, 0.3) is 5.91 Å². The summed E-state index contributed by atoms with van der Waals surface area (Å²) in [6.45, 7) is 4.66. The Labute approximate surface area is 136 Å². The molecule has 1 aliphatic rings. The van der Waals surface area contributed by atoms with Gasteiger partial charge >= 0.3 is 0 Å². The molecule has 23 heavy (non-hydrogen) atoms. The van der Waals surface area contributed by atoms with Crippen molar-refractivity contribution in [1.29, 1.82) is 0 Å². The fraction of sp³-hybridized carbons (Fsp3) is 0.316. The van der Waals surface area contributed by atoms with E-state index in [1.165, 1.54) is 0 Å². The minimum atomic E-state index is -0.0558. The number of carbonyl (C=O) groups is 1. The Hall–Kier alpha value is -2.49. The number of hydrogen-bond acceptors (Lipinski definition) is 3. The smallest absolute Gasteiger partial charge is 0.265 e. The summed E-state index contributed by atoms with van der Waals surface area (Å²) in [5, 5.41) is 0. The molecule has 0 N–H and O–H groups in total. The van der Waals surface area contributed by atoms with Gasteiger partial charge in [-0.15, -0.1) is 0 Å². The van der Waals surface area contributed by atoms with Gasteiger partial charge in [-0.05, 0) is 37.6 Å². The predicted octanol–water partition coefficient (Wildman–Crippen LogP) is 3.58. The predicted molar refractivity (Wildman–Crippen MR) is 90.2 cm³/mol. The van der Waals surface area contributed by atoms with Crippen molar-refractivity contribution in [3.8, 4) is 11.5 Å². The van der Waals surface area contributed by atoms with E-state index >= 15 is 0 Å². The maximum absolute atomic E-state index is 12.6. The number of anilines is 1. The first-order valence-electron chi connectivity index (χ1n) is 7.93. The van der Waals surface area contributed by atoms with Crippen LogP contribution in [0.3, 0.4) is 0 Å². The third-order valence-corrected chi connectivity index (χ3v) is 3.98. The highest BCUT2D eigenvalue weighted by atomic mass is 16.5. The second-order valence-electron chi connectivity index (χ2n) is 5.72. The molecule has 1 heterocycles. The molecule has 3 rings (SSSR count). The van der Waals surface area contributed by atoms with E-state index in [2.05, 4.69) is 6.92 Å². The van der Waals surface area contributed by atoms with Crippen LogP contribution in [0.5, 0.6) is 11.5 Å². The largest absolute Gasteiger partial charge is 0.486 e. The van der Waals surface area contributed by atoms with Gasteiger partial charge in [0, 0.05) is 0 Å². The zero-order chi connectivity index (χ0) is 16.2. The van der Waals surface area contributed by atoms with Gasteiger partial charge in [0.2, 0.25) is 0 Å². The van der Waals surface area contributed by atoms with Crippen molar-refractivity contribution < 1.29 is 14.3 Å². The van der Waals surface area contributed by atoms with Crippen molar-refractivity contribution >= 4 is 11.6 Å². The van der Waals surface area contributed by atoms with Gasteiger partial charge in [-0.3, -0.25) is 4.79 Å². The number of fused-ring (bicyclic) bond motifs is 1. The summed E-state index contributed by atoms with van der Waals surface area (Å²) in [6, 6.07) is 15.3. The van der Waals surface area contributed by atoms with E-state index in [-0.39, 0.29) is 18.6 Å². The van der Waals surface area contributed by atoms with Crippen LogP contribution in [0.1, 0.15) is 18.9 Å². The van der Waals surface area contributed by atoms with Gasteiger partial charge in [-0.25, -0.2) is 0 Å². The first-order chi connectivity index (χ1) is 11.2. The Kier molecular flexibility index (Phi) is 4.51. The van der Waals surface area contributed by atoms with Gasteiger partial charge in [-0.1, -0.05) is 36.8 Å². The molecule has 2 aromatic rings. The SMILES string of the molecule is CCC1CN(C(=O)COc2ccc(C)cc2)c2ccccc2O1. The van der Waals surface area contributed by atoms with Crippen molar-refractivity contribution in [2.75, 3.05) is 18.1 Å². The number of ether oxygens (including phenoxy) is 2. The third-order valence-electron chi connectivity index (χ3n) is 3.98. The highest BCUT2D eigenvalue weighted by molar-refractivity contribution is 5.96. The first-order valence-corrected chi connectivity index (χ1v) is 7.93. The number of carbonyl (C=O) groups excluding carboxylic acids is 1. The van der Waals surface area contributed by atoms with Crippen molar-refractivity contribution in [2.45, 2.75) is 26.4 Å². The molecule has 0 spiro atoms. The standard InChI is InChI=1S/C19H21NO3/c1-3-15-12-20(17-6-4-5-7-18(17)23-15)19(21)13-22-16-10-8-14(2)9-11-16/h4-11,15H,3,12-13H2,1-2H3. The molecule has 0 bridgehead atoms. The lowest BCUT2D eigenvalue weighted by atomic mass is 10.1. The Bertz CT molecular complexity index is 681. The van der Waals surface area contributed by atoms with Crippen molar-refractivity contribution in [3.05, 3.63) is 54.1 Å². The maximum Gasteiger partial charge on any atom is 0.265 e. The minimum absolute atomic E-state index is 0.0215. The van der Waals surface area contributed by atoms with Crippen LogP contribution in [-0.2, 0) is 4.79 Å². The molecular formula is C19H21NO3. The molecule has 0 aliphatic carbocycles. The summed E-state index contributed by atoms with van der Waals surface area (Å²) in [7, 11) is 0. The van der Waals surface area contributed by atoms with E-state index in [9.17, 15) is 4.79 Å². The van der Waals surface area contributed by atoms with Crippen LogP contribution in [0.25, 0.3) is 0 Å². The molecule has 4 nitrogen and oxygen atoms in total. The Morgan fingerprint density at radius 2 is 1.96 bits per heavy atom. The van der Waals surface area contributed by atoms with Gasteiger partial charge in [0.1, 0.15) is 17.6 Å². The molecule has 1 atom stereocenters. The monoisotopic (exact) mass is 311 g/mol. The molecule has 4 heteroatoms. The Morgan fingerprint density at radius 1 is 1.22 bits per heavy atom. The molecule has 0 radical (unpaired) electrons. The molecule has 1 amide bonds. The lowest BCUT2D eigenvalue weighted by molar-refractivity contribution is -0.121. The molecule has 0 saturated heterocycles. The highest BCUT2D eigenvalue weighted by Crippen LogP contribution is 2.33. The Morgan fingerprint density at radius 3 is 2.70 bits per heavy atom. The summed E-state index contributed by atoms with van der Waals surface area (Å²) < 4.78 is 11.5. The molecule has 2 aromatic carbocycles. The average molecular weight is 311 g/mol. The Balaban J connectivity index is 1.72. The second kappa shape index (κ2) is 6.73. The summed E-state index contributed by atoms with van der Waals surface area (Å²) >= 11 is 0. The maximum atomic E-state index is 12.6. The second-order valence-corrected chi connectivity index (χ2v) is 5.72. The van der Waals surface area contributed by atoms with Gasteiger partial charge < -0.3 is 14.4 Å². The number of aryl methyl sites for hydroxylation is 1. The molecular weight excluding hydrogens is 290 g/mol.